The number of nitrogens with one attached hydrogen (secondary N) is 1. The van der Waals surface area contributed by atoms with Crippen molar-refractivity contribution in [1.82, 2.24) is 5.32 Å². The van der Waals surface area contributed by atoms with Crippen LogP contribution in [0.3, 0.4) is 0 Å². The van der Waals surface area contributed by atoms with Crippen LogP contribution < -0.4 is 10.2 Å². The Labute approximate surface area is 123 Å². The number of benzene rings is 1. The smallest absolute Gasteiger partial charge is 0.269 e. The molecule has 2 rings (SSSR count). The first-order valence-electron chi connectivity index (χ1n) is 6.88. The van der Waals surface area contributed by atoms with E-state index in [9.17, 15) is 14.9 Å². The van der Waals surface area contributed by atoms with E-state index in [4.69, 9.17) is 4.74 Å². The molecule has 0 unspecified atom stereocenters. The Balaban J connectivity index is 1.86. The number of carbonyl (C=O) groups is 1. The van der Waals surface area contributed by atoms with E-state index < -0.39 is 4.92 Å². The molecule has 7 nitrogen and oxygen atoms in total. The Morgan fingerprint density at radius 2 is 2.00 bits per heavy atom. The summed E-state index contributed by atoms with van der Waals surface area (Å²) in [4.78, 5) is 23.8. The number of rotatable bonds is 5. The molecule has 0 saturated carbocycles. The minimum atomic E-state index is -0.401. The molecule has 1 fully saturated rings. The van der Waals surface area contributed by atoms with Gasteiger partial charge in [-0.15, -0.1) is 0 Å². The van der Waals surface area contributed by atoms with Gasteiger partial charge in [0.15, 0.2) is 0 Å². The second kappa shape index (κ2) is 7.03. The molecule has 1 saturated heterocycles. The van der Waals surface area contributed by atoms with Crippen LogP contribution >= 0.6 is 0 Å². The second-order valence-corrected chi connectivity index (χ2v) is 5.04. The van der Waals surface area contributed by atoms with Crippen LogP contribution in [0.4, 0.5) is 11.4 Å². The number of ether oxygens (including phenoxy) is 1. The van der Waals surface area contributed by atoms with Crippen LogP contribution in [0.1, 0.15) is 12.8 Å². The molecular formula is C14H19N3O4. The van der Waals surface area contributed by atoms with Crippen molar-refractivity contribution in [2.24, 2.45) is 0 Å². The van der Waals surface area contributed by atoms with Crippen LogP contribution in [0.5, 0.6) is 0 Å². The summed E-state index contributed by atoms with van der Waals surface area (Å²) in [5.41, 5.74) is 1.07. The maximum Gasteiger partial charge on any atom is 0.269 e. The van der Waals surface area contributed by atoms with Gasteiger partial charge >= 0.3 is 0 Å². The fraction of sp³-hybridized carbons (Fsp3) is 0.500. The number of piperidine rings is 1. The maximum atomic E-state index is 11.5. The van der Waals surface area contributed by atoms with Gasteiger partial charge < -0.3 is 15.0 Å². The van der Waals surface area contributed by atoms with E-state index >= 15 is 0 Å². The molecule has 0 aliphatic carbocycles. The molecule has 1 aliphatic heterocycles. The molecule has 0 bridgehead atoms. The van der Waals surface area contributed by atoms with E-state index in [1.807, 2.05) is 0 Å². The highest BCUT2D eigenvalue weighted by atomic mass is 16.6. The van der Waals surface area contributed by atoms with Crippen LogP contribution in [-0.2, 0) is 9.53 Å². The molecule has 1 aliphatic rings. The summed E-state index contributed by atoms with van der Waals surface area (Å²) in [5.74, 6) is -0.0914. The second-order valence-electron chi connectivity index (χ2n) is 5.04. The van der Waals surface area contributed by atoms with Gasteiger partial charge in [-0.25, -0.2) is 0 Å². The average Bonchev–Trinajstić information content (AvgIpc) is 2.48. The van der Waals surface area contributed by atoms with Gasteiger partial charge in [-0.3, -0.25) is 14.9 Å². The Hall–Kier alpha value is -2.15. The molecule has 7 heteroatoms. The molecule has 0 atom stereocenters. The normalized spacial score (nSPS) is 15.8. The van der Waals surface area contributed by atoms with Crippen LogP contribution in [-0.4, -0.2) is 43.7 Å². The quantitative estimate of drug-likeness (QED) is 0.654. The van der Waals surface area contributed by atoms with E-state index in [0.717, 1.165) is 31.6 Å². The highest BCUT2D eigenvalue weighted by Gasteiger charge is 2.21. The molecule has 0 aromatic heterocycles. The summed E-state index contributed by atoms with van der Waals surface area (Å²) in [6.45, 7) is 1.72. The van der Waals surface area contributed by atoms with Crippen molar-refractivity contribution in [3.63, 3.8) is 0 Å². The number of nitrogens with zero attached hydrogens (tertiary/aromatic N) is 2. The van der Waals surface area contributed by atoms with Gasteiger partial charge in [0.2, 0.25) is 5.91 Å². The lowest BCUT2D eigenvalue weighted by atomic mass is 10.0. The first-order valence-corrected chi connectivity index (χ1v) is 6.88. The molecule has 114 valence electrons. The highest BCUT2D eigenvalue weighted by Crippen LogP contribution is 2.22. The minimum Gasteiger partial charge on any atom is -0.375 e. The minimum absolute atomic E-state index is 0.0859. The molecule has 0 spiro atoms. The molecule has 0 radical (unpaired) electrons. The predicted octanol–water partition coefficient (Wildman–Crippen LogP) is 1.33. The topological polar surface area (TPSA) is 84.7 Å². The fourth-order valence-electron chi connectivity index (χ4n) is 2.47. The van der Waals surface area contributed by atoms with Gasteiger partial charge in [0, 0.05) is 44.1 Å². The zero-order valence-corrected chi connectivity index (χ0v) is 11.9. The van der Waals surface area contributed by atoms with Crippen LogP contribution in [0, 0.1) is 10.1 Å². The molecule has 1 heterocycles. The highest BCUT2D eigenvalue weighted by molar-refractivity contribution is 5.77. The Bertz CT molecular complexity index is 495. The maximum absolute atomic E-state index is 11.5. The zero-order valence-electron chi connectivity index (χ0n) is 11.9. The summed E-state index contributed by atoms with van der Waals surface area (Å²) in [5, 5.41) is 13.6. The lowest BCUT2D eigenvalue weighted by Gasteiger charge is -2.33. The van der Waals surface area contributed by atoms with Crippen LogP contribution in [0.25, 0.3) is 0 Å². The van der Waals surface area contributed by atoms with Crippen molar-refractivity contribution in [2.45, 2.75) is 18.9 Å². The molecule has 1 amide bonds. The lowest BCUT2D eigenvalue weighted by Crippen LogP contribution is -2.45. The van der Waals surface area contributed by atoms with Gasteiger partial charge in [0.1, 0.15) is 6.61 Å². The Morgan fingerprint density at radius 1 is 1.38 bits per heavy atom. The molecule has 1 aromatic rings. The Morgan fingerprint density at radius 3 is 2.52 bits per heavy atom. The summed E-state index contributed by atoms with van der Waals surface area (Å²) in [6, 6.07) is 6.73. The van der Waals surface area contributed by atoms with Crippen molar-refractivity contribution < 1.29 is 14.5 Å². The third kappa shape index (κ3) is 4.16. The average molecular weight is 293 g/mol. The molecular weight excluding hydrogens is 274 g/mol. The van der Waals surface area contributed by atoms with Crippen molar-refractivity contribution in [3.05, 3.63) is 34.4 Å². The van der Waals surface area contributed by atoms with Crippen molar-refractivity contribution in [3.8, 4) is 0 Å². The van der Waals surface area contributed by atoms with Crippen LogP contribution in [0.15, 0.2) is 24.3 Å². The number of non-ortho nitro benzene ring substituents is 1. The number of nitro groups is 1. The monoisotopic (exact) mass is 293 g/mol. The van der Waals surface area contributed by atoms with E-state index in [-0.39, 0.29) is 24.2 Å². The number of anilines is 1. The summed E-state index contributed by atoms with van der Waals surface area (Å²) >= 11 is 0. The largest absolute Gasteiger partial charge is 0.375 e. The lowest BCUT2D eigenvalue weighted by molar-refractivity contribution is -0.384. The number of methoxy groups -OCH3 is 1. The van der Waals surface area contributed by atoms with Gasteiger partial charge in [0.25, 0.3) is 5.69 Å². The first kappa shape index (κ1) is 15.2. The van der Waals surface area contributed by atoms with Gasteiger partial charge in [-0.05, 0) is 25.0 Å². The third-order valence-corrected chi connectivity index (χ3v) is 3.56. The number of hydrogen-bond acceptors (Lipinski definition) is 5. The first-order chi connectivity index (χ1) is 10.1. The van der Waals surface area contributed by atoms with E-state index in [0.29, 0.717) is 0 Å². The summed E-state index contributed by atoms with van der Waals surface area (Å²) in [6.07, 6.45) is 1.71. The van der Waals surface area contributed by atoms with Crippen molar-refractivity contribution in [2.75, 3.05) is 31.7 Å². The standard InChI is InChI=1S/C14H19N3O4/c1-21-10-14(18)15-11-6-8-16(9-7-11)12-2-4-13(5-3-12)17(19)20/h2-5,11H,6-10H2,1H3,(H,15,18). The summed E-state index contributed by atoms with van der Waals surface area (Å²) < 4.78 is 4.79. The van der Waals surface area contributed by atoms with E-state index in [2.05, 4.69) is 10.2 Å². The predicted molar refractivity (Wildman–Crippen MR) is 78.4 cm³/mol. The van der Waals surface area contributed by atoms with Crippen molar-refractivity contribution >= 4 is 17.3 Å². The number of carbonyl (C=O) groups excluding carboxylic acids is 1. The van der Waals surface area contributed by atoms with Crippen LogP contribution in [0.2, 0.25) is 0 Å². The Kier molecular flexibility index (Phi) is 5.10. The number of amides is 1. The molecule has 1 aromatic carbocycles. The molecule has 21 heavy (non-hydrogen) atoms. The van der Waals surface area contributed by atoms with Gasteiger partial charge in [-0.1, -0.05) is 0 Å². The number of hydrogen-bond donors (Lipinski definition) is 1. The molecule has 1 N–H and O–H groups in total. The van der Waals surface area contributed by atoms with E-state index in [1.165, 1.54) is 19.2 Å². The third-order valence-electron chi connectivity index (χ3n) is 3.56. The summed E-state index contributed by atoms with van der Waals surface area (Å²) in [7, 11) is 1.50. The zero-order chi connectivity index (χ0) is 15.2. The van der Waals surface area contributed by atoms with Crippen molar-refractivity contribution in [1.29, 1.82) is 0 Å². The van der Waals surface area contributed by atoms with Gasteiger partial charge in [-0.2, -0.15) is 0 Å². The van der Waals surface area contributed by atoms with Gasteiger partial charge in [0.05, 0.1) is 4.92 Å². The fourth-order valence-corrected chi connectivity index (χ4v) is 2.47. The SMILES string of the molecule is COCC(=O)NC1CCN(c2ccc([N+](=O)[O-])cc2)CC1. The van der Waals surface area contributed by atoms with E-state index in [1.54, 1.807) is 12.1 Å². The number of nitro benzene ring substituents is 1.